The first-order chi connectivity index (χ1) is 7.82. The lowest BCUT2D eigenvalue weighted by atomic mass is 10.1. The Kier molecular flexibility index (Phi) is 6.81. The first-order valence-electron chi connectivity index (χ1n) is 6.17. The molecule has 2 N–H and O–H groups in total. The fourth-order valence-electron chi connectivity index (χ4n) is 1.59. The fraction of sp³-hybridized carbons (Fsp3) is 0.833. The van der Waals surface area contributed by atoms with E-state index in [0.717, 1.165) is 13.1 Å². The lowest BCUT2D eigenvalue weighted by Gasteiger charge is -2.20. The highest BCUT2D eigenvalue weighted by Gasteiger charge is 2.22. The van der Waals surface area contributed by atoms with E-state index in [-0.39, 0.29) is 12.4 Å². The summed E-state index contributed by atoms with van der Waals surface area (Å²) in [5, 5.41) is 3.92. The predicted molar refractivity (Wildman–Crippen MR) is 74.5 cm³/mol. The van der Waals surface area contributed by atoms with E-state index in [1.165, 1.54) is 0 Å². The molecule has 1 aromatic heterocycles. The van der Waals surface area contributed by atoms with Gasteiger partial charge in [-0.15, -0.1) is 12.4 Å². The standard InChI is InChI=1S/C12H24N4O.ClH/c1-6-16(7-9(2)3)8-10-14-11(15-17-10)12(4,5)13;/h9H,6-8,13H2,1-5H3;1H. The number of nitrogens with zero attached hydrogens (tertiary/aromatic N) is 3. The zero-order valence-corrected chi connectivity index (χ0v) is 12.8. The van der Waals surface area contributed by atoms with Crippen LogP contribution in [0.2, 0.25) is 0 Å². The molecule has 0 spiro atoms. The second kappa shape index (κ2) is 7.07. The molecule has 6 heteroatoms. The third kappa shape index (κ3) is 5.33. The highest BCUT2D eigenvalue weighted by Crippen LogP contribution is 2.13. The van der Waals surface area contributed by atoms with Gasteiger partial charge >= 0.3 is 0 Å². The maximum absolute atomic E-state index is 5.92. The summed E-state index contributed by atoms with van der Waals surface area (Å²) < 4.78 is 5.22. The summed E-state index contributed by atoms with van der Waals surface area (Å²) in [4.78, 5) is 6.62. The van der Waals surface area contributed by atoms with Crippen LogP contribution in [0.4, 0.5) is 0 Å². The molecule has 0 atom stereocenters. The Morgan fingerprint density at radius 1 is 1.39 bits per heavy atom. The molecule has 5 nitrogen and oxygen atoms in total. The molecule has 0 aliphatic carbocycles. The van der Waals surface area contributed by atoms with Crippen molar-refractivity contribution in [2.45, 2.75) is 46.7 Å². The SMILES string of the molecule is CCN(Cc1nc(C(C)(C)N)no1)CC(C)C.Cl. The van der Waals surface area contributed by atoms with Gasteiger partial charge in [0.05, 0.1) is 12.1 Å². The van der Waals surface area contributed by atoms with Gasteiger partial charge in [0, 0.05) is 6.54 Å². The Morgan fingerprint density at radius 2 is 2.00 bits per heavy atom. The van der Waals surface area contributed by atoms with Crippen molar-refractivity contribution in [3.05, 3.63) is 11.7 Å². The molecule has 0 radical (unpaired) electrons. The van der Waals surface area contributed by atoms with Crippen molar-refractivity contribution >= 4 is 12.4 Å². The monoisotopic (exact) mass is 276 g/mol. The summed E-state index contributed by atoms with van der Waals surface area (Å²) in [6, 6.07) is 0. The summed E-state index contributed by atoms with van der Waals surface area (Å²) in [6.07, 6.45) is 0. The molecule has 0 unspecified atom stereocenters. The van der Waals surface area contributed by atoms with E-state index >= 15 is 0 Å². The minimum atomic E-state index is -0.545. The van der Waals surface area contributed by atoms with Gasteiger partial charge in [0.1, 0.15) is 0 Å². The molecule has 1 heterocycles. The van der Waals surface area contributed by atoms with Gasteiger partial charge in [-0.2, -0.15) is 4.98 Å². The van der Waals surface area contributed by atoms with E-state index in [9.17, 15) is 0 Å². The summed E-state index contributed by atoms with van der Waals surface area (Å²) in [5.41, 5.74) is 5.37. The summed E-state index contributed by atoms with van der Waals surface area (Å²) in [5.74, 6) is 1.83. The first-order valence-corrected chi connectivity index (χ1v) is 6.17. The largest absolute Gasteiger partial charge is 0.338 e. The van der Waals surface area contributed by atoms with Gasteiger partial charge in [0.2, 0.25) is 5.89 Å². The van der Waals surface area contributed by atoms with Crippen LogP contribution in [0.15, 0.2) is 4.52 Å². The van der Waals surface area contributed by atoms with Crippen molar-refractivity contribution in [3.8, 4) is 0 Å². The Hall–Kier alpha value is -0.650. The maximum atomic E-state index is 5.92. The molecule has 0 saturated heterocycles. The topological polar surface area (TPSA) is 68.2 Å². The van der Waals surface area contributed by atoms with Crippen LogP contribution in [-0.2, 0) is 12.1 Å². The van der Waals surface area contributed by atoms with E-state index in [4.69, 9.17) is 10.3 Å². The molecule has 0 aromatic carbocycles. The fourth-order valence-corrected chi connectivity index (χ4v) is 1.59. The zero-order valence-electron chi connectivity index (χ0n) is 11.9. The summed E-state index contributed by atoms with van der Waals surface area (Å²) in [6.45, 7) is 13.0. The predicted octanol–water partition coefficient (Wildman–Crippen LogP) is 2.16. The van der Waals surface area contributed by atoms with Crippen LogP contribution in [0.1, 0.15) is 46.3 Å². The highest BCUT2D eigenvalue weighted by atomic mass is 35.5. The average molecular weight is 277 g/mol. The Morgan fingerprint density at radius 3 is 2.39 bits per heavy atom. The molecule has 0 bridgehead atoms. The first kappa shape index (κ1) is 17.4. The lowest BCUT2D eigenvalue weighted by Crippen LogP contribution is -2.30. The molecule has 0 aliphatic heterocycles. The second-order valence-electron chi connectivity index (χ2n) is 5.45. The van der Waals surface area contributed by atoms with Crippen molar-refractivity contribution in [3.63, 3.8) is 0 Å². The molecule has 1 aromatic rings. The molecule has 106 valence electrons. The van der Waals surface area contributed by atoms with Crippen LogP contribution >= 0.6 is 12.4 Å². The zero-order chi connectivity index (χ0) is 13.1. The van der Waals surface area contributed by atoms with Gasteiger partial charge < -0.3 is 10.3 Å². The Labute approximate surface area is 116 Å². The number of aromatic nitrogens is 2. The molecular weight excluding hydrogens is 252 g/mol. The third-order valence-corrected chi connectivity index (χ3v) is 2.47. The normalized spacial score (nSPS) is 12.0. The minimum absolute atomic E-state index is 0. The molecule has 0 amide bonds. The Bertz CT molecular complexity index is 346. The van der Waals surface area contributed by atoms with Crippen LogP contribution in [0.5, 0.6) is 0 Å². The quantitative estimate of drug-likeness (QED) is 0.862. The van der Waals surface area contributed by atoms with E-state index in [1.807, 2.05) is 13.8 Å². The van der Waals surface area contributed by atoms with Crippen LogP contribution < -0.4 is 5.73 Å². The van der Waals surface area contributed by atoms with Gasteiger partial charge in [-0.3, -0.25) is 4.90 Å². The van der Waals surface area contributed by atoms with Crippen molar-refractivity contribution in [1.29, 1.82) is 0 Å². The van der Waals surface area contributed by atoms with Crippen LogP contribution in [-0.4, -0.2) is 28.1 Å². The van der Waals surface area contributed by atoms with E-state index in [0.29, 0.717) is 24.2 Å². The molecule has 0 aliphatic rings. The number of hydrogen-bond donors (Lipinski definition) is 1. The van der Waals surface area contributed by atoms with Gasteiger partial charge in [-0.1, -0.05) is 25.9 Å². The van der Waals surface area contributed by atoms with Crippen molar-refractivity contribution in [2.24, 2.45) is 11.7 Å². The molecule has 0 saturated carbocycles. The number of rotatable bonds is 6. The number of nitrogens with two attached hydrogens (primary N) is 1. The number of hydrogen-bond acceptors (Lipinski definition) is 5. The summed E-state index contributed by atoms with van der Waals surface area (Å²) >= 11 is 0. The Balaban J connectivity index is 0.00000289. The number of halogens is 1. The van der Waals surface area contributed by atoms with Gasteiger partial charge in [0.25, 0.3) is 0 Å². The van der Waals surface area contributed by atoms with E-state index in [2.05, 4.69) is 35.8 Å². The average Bonchev–Trinajstić information content (AvgIpc) is 2.63. The molecule has 0 fully saturated rings. The van der Waals surface area contributed by atoms with Crippen LogP contribution in [0.25, 0.3) is 0 Å². The second-order valence-corrected chi connectivity index (χ2v) is 5.45. The van der Waals surface area contributed by atoms with E-state index in [1.54, 1.807) is 0 Å². The van der Waals surface area contributed by atoms with Gasteiger partial charge in [0.15, 0.2) is 5.82 Å². The van der Waals surface area contributed by atoms with Gasteiger partial charge in [-0.05, 0) is 26.3 Å². The molecule has 18 heavy (non-hydrogen) atoms. The summed E-state index contributed by atoms with van der Waals surface area (Å²) in [7, 11) is 0. The highest BCUT2D eigenvalue weighted by molar-refractivity contribution is 5.85. The van der Waals surface area contributed by atoms with Gasteiger partial charge in [-0.25, -0.2) is 0 Å². The van der Waals surface area contributed by atoms with Crippen LogP contribution in [0, 0.1) is 5.92 Å². The van der Waals surface area contributed by atoms with E-state index < -0.39 is 5.54 Å². The van der Waals surface area contributed by atoms with Crippen molar-refractivity contribution in [1.82, 2.24) is 15.0 Å². The van der Waals surface area contributed by atoms with Crippen molar-refractivity contribution in [2.75, 3.05) is 13.1 Å². The minimum Gasteiger partial charge on any atom is -0.338 e. The third-order valence-electron chi connectivity index (χ3n) is 2.47. The van der Waals surface area contributed by atoms with Crippen molar-refractivity contribution < 1.29 is 4.52 Å². The van der Waals surface area contributed by atoms with Crippen LogP contribution in [0.3, 0.4) is 0 Å². The molecular formula is C12H25ClN4O. The lowest BCUT2D eigenvalue weighted by molar-refractivity contribution is 0.214. The molecule has 1 rings (SSSR count). The smallest absolute Gasteiger partial charge is 0.240 e. The maximum Gasteiger partial charge on any atom is 0.240 e.